The van der Waals surface area contributed by atoms with Gasteiger partial charge in [-0.2, -0.15) is 5.10 Å². The van der Waals surface area contributed by atoms with Crippen molar-refractivity contribution in [1.82, 2.24) is 20.1 Å². The van der Waals surface area contributed by atoms with E-state index in [1.165, 1.54) is 0 Å². The minimum atomic E-state index is -0.0485. The van der Waals surface area contributed by atoms with Gasteiger partial charge in [0.1, 0.15) is 5.82 Å². The number of amides is 1. The van der Waals surface area contributed by atoms with Crippen LogP contribution in [0.3, 0.4) is 0 Å². The highest BCUT2D eigenvalue weighted by Gasteiger charge is 2.23. The van der Waals surface area contributed by atoms with E-state index < -0.39 is 0 Å². The number of carbonyl (C=O) groups excluding carboxylic acids is 1. The first-order valence-electron chi connectivity index (χ1n) is 7.75. The molecular weight excluding hydrogens is 278 g/mol. The Morgan fingerprint density at radius 3 is 3.09 bits per heavy atom. The van der Waals surface area contributed by atoms with Gasteiger partial charge in [0.2, 0.25) is 0 Å². The molecule has 0 saturated carbocycles. The molecule has 1 amide bonds. The first-order valence-corrected chi connectivity index (χ1v) is 7.75. The van der Waals surface area contributed by atoms with Gasteiger partial charge in [-0.15, -0.1) is 0 Å². The number of pyridine rings is 1. The molecule has 22 heavy (non-hydrogen) atoms. The van der Waals surface area contributed by atoms with Crippen molar-refractivity contribution in [2.45, 2.75) is 32.4 Å². The van der Waals surface area contributed by atoms with E-state index in [1.54, 1.807) is 23.3 Å². The molecule has 1 saturated heterocycles. The molecule has 3 rings (SSSR count). The van der Waals surface area contributed by atoms with Crippen molar-refractivity contribution in [3.05, 3.63) is 42.4 Å². The normalized spacial score (nSPS) is 18.2. The largest absolute Gasteiger partial charge is 0.355 e. The van der Waals surface area contributed by atoms with Gasteiger partial charge in [-0.05, 0) is 31.9 Å². The second-order valence-electron chi connectivity index (χ2n) is 5.53. The summed E-state index contributed by atoms with van der Waals surface area (Å²) >= 11 is 0. The van der Waals surface area contributed by atoms with E-state index in [2.05, 4.69) is 20.3 Å². The van der Waals surface area contributed by atoms with Gasteiger partial charge in [0, 0.05) is 38.1 Å². The van der Waals surface area contributed by atoms with Crippen LogP contribution >= 0.6 is 0 Å². The van der Waals surface area contributed by atoms with Gasteiger partial charge in [-0.1, -0.05) is 6.07 Å². The average Bonchev–Trinajstić information content (AvgIpc) is 3.05. The van der Waals surface area contributed by atoms with Crippen LogP contribution in [0.1, 0.15) is 30.1 Å². The summed E-state index contributed by atoms with van der Waals surface area (Å²) in [6, 6.07) is 6.06. The summed E-state index contributed by atoms with van der Waals surface area (Å²) < 4.78 is 1.76. The quantitative estimate of drug-likeness (QED) is 0.933. The summed E-state index contributed by atoms with van der Waals surface area (Å²) in [6.45, 7) is 4.55. The smallest absolute Gasteiger partial charge is 0.254 e. The van der Waals surface area contributed by atoms with Gasteiger partial charge in [-0.25, -0.2) is 4.98 Å². The molecule has 1 fully saturated rings. The van der Waals surface area contributed by atoms with E-state index in [9.17, 15) is 4.79 Å². The van der Waals surface area contributed by atoms with Gasteiger partial charge >= 0.3 is 0 Å². The highest BCUT2D eigenvalue weighted by atomic mass is 16.1. The lowest BCUT2D eigenvalue weighted by Crippen LogP contribution is -2.48. The summed E-state index contributed by atoms with van der Waals surface area (Å²) in [7, 11) is 0. The number of hydrogen-bond donors (Lipinski definition) is 1. The number of aryl methyl sites for hydroxylation is 1. The van der Waals surface area contributed by atoms with Gasteiger partial charge < -0.3 is 10.2 Å². The van der Waals surface area contributed by atoms with E-state index in [0.717, 1.165) is 38.3 Å². The van der Waals surface area contributed by atoms with Gasteiger partial charge in [0.15, 0.2) is 0 Å². The Balaban J connectivity index is 1.61. The highest BCUT2D eigenvalue weighted by molar-refractivity contribution is 5.93. The van der Waals surface area contributed by atoms with Crippen molar-refractivity contribution >= 4 is 11.7 Å². The molecule has 2 aromatic rings. The number of anilines is 1. The highest BCUT2D eigenvalue weighted by Crippen LogP contribution is 2.17. The first kappa shape index (κ1) is 14.6. The molecule has 3 heterocycles. The molecular formula is C16H21N5O. The molecule has 0 unspecified atom stereocenters. The van der Waals surface area contributed by atoms with E-state index in [0.29, 0.717) is 5.56 Å². The lowest BCUT2D eigenvalue weighted by atomic mass is 10.1. The fourth-order valence-corrected chi connectivity index (χ4v) is 2.77. The third kappa shape index (κ3) is 3.27. The summed E-state index contributed by atoms with van der Waals surface area (Å²) in [5, 5.41) is 7.26. The number of rotatable bonds is 4. The second-order valence-corrected chi connectivity index (χ2v) is 5.53. The minimum absolute atomic E-state index is 0.0485. The predicted octanol–water partition coefficient (Wildman–Crippen LogP) is 1.70. The molecule has 0 bridgehead atoms. The van der Waals surface area contributed by atoms with Crippen LogP contribution in [0.2, 0.25) is 0 Å². The Morgan fingerprint density at radius 2 is 2.36 bits per heavy atom. The van der Waals surface area contributed by atoms with Crippen molar-refractivity contribution in [1.29, 1.82) is 0 Å². The van der Waals surface area contributed by atoms with Crippen molar-refractivity contribution in [3.8, 4) is 0 Å². The van der Waals surface area contributed by atoms with Crippen molar-refractivity contribution in [2.24, 2.45) is 0 Å². The average molecular weight is 299 g/mol. The monoisotopic (exact) mass is 299 g/mol. The molecule has 6 nitrogen and oxygen atoms in total. The van der Waals surface area contributed by atoms with E-state index >= 15 is 0 Å². The fraction of sp³-hybridized carbons (Fsp3) is 0.438. The van der Waals surface area contributed by atoms with Crippen LogP contribution in [0.15, 0.2) is 36.8 Å². The second kappa shape index (κ2) is 6.60. The third-order valence-electron chi connectivity index (χ3n) is 3.95. The standard InChI is InChI=1S/C16H21N5O/c1-2-21-11-13(10-18-21)16(22)19-14-6-5-9-20(12-14)15-7-3-4-8-17-15/h3-4,7-8,10-11,14H,2,5-6,9,12H2,1H3,(H,19,22)/t14-/m0/s1. The number of piperidine rings is 1. The van der Waals surface area contributed by atoms with Gasteiger partial charge in [0.05, 0.1) is 11.8 Å². The molecule has 0 aliphatic carbocycles. The summed E-state index contributed by atoms with van der Waals surface area (Å²) in [6.07, 6.45) is 7.26. The lowest BCUT2D eigenvalue weighted by Gasteiger charge is -2.33. The molecule has 116 valence electrons. The Morgan fingerprint density at radius 1 is 1.45 bits per heavy atom. The maximum Gasteiger partial charge on any atom is 0.254 e. The maximum atomic E-state index is 12.3. The van der Waals surface area contributed by atoms with Crippen LogP contribution in [0.4, 0.5) is 5.82 Å². The Bertz CT molecular complexity index is 624. The molecule has 2 aromatic heterocycles. The van der Waals surface area contributed by atoms with Gasteiger partial charge in [0.25, 0.3) is 5.91 Å². The zero-order valence-corrected chi connectivity index (χ0v) is 12.8. The Kier molecular flexibility index (Phi) is 4.37. The SMILES string of the molecule is CCn1cc(C(=O)N[C@H]2CCCN(c3ccccn3)C2)cn1. The number of hydrogen-bond acceptors (Lipinski definition) is 4. The summed E-state index contributed by atoms with van der Waals surface area (Å²) in [5.41, 5.74) is 0.622. The topological polar surface area (TPSA) is 63.1 Å². The molecule has 1 aliphatic rings. The summed E-state index contributed by atoms with van der Waals surface area (Å²) in [5.74, 6) is 0.924. The minimum Gasteiger partial charge on any atom is -0.355 e. The van der Waals surface area contributed by atoms with Crippen molar-refractivity contribution < 1.29 is 4.79 Å². The van der Waals surface area contributed by atoms with Crippen LogP contribution in [0.5, 0.6) is 0 Å². The van der Waals surface area contributed by atoms with E-state index in [1.807, 2.05) is 25.1 Å². The van der Waals surface area contributed by atoms with E-state index in [4.69, 9.17) is 0 Å². The van der Waals surface area contributed by atoms with Crippen LogP contribution in [0, 0.1) is 0 Å². The van der Waals surface area contributed by atoms with Crippen molar-refractivity contribution in [2.75, 3.05) is 18.0 Å². The zero-order chi connectivity index (χ0) is 15.4. The van der Waals surface area contributed by atoms with Crippen LogP contribution in [-0.4, -0.2) is 39.8 Å². The predicted molar refractivity (Wildman–Crippen MR) is 84.8 cm³/mol. The van der Waals surface area contributed by atoms with E-state index in [-0.39, 0.29) is 11.9 Å². The molecule has 0 radical (unpaired) electrons. The Hall–Kier alpha value is -2.37. The van der Waals surface area contributed by atoms with Crippen molar-refractivity contribution in [3.63, 3.8) is 0 Å². The molecule has 1 aliphatic heterocycles. The summed E-state index contributed by atoms with van der Waals surface area (Å²) in [4.78, 5) is 18.9. The molecule has 1 N–H and O–H groups in total. The zero-order valence-electron chi connectivity index (χ0n) is 12.8. The third-order valence-corrected chi connectivity index (χ3v) is 3.95. The number of aromatic nitrogens is 3. The molecule has 0 aromatic carbocycles. The number of nitrogens with one attached hydrogen (secondary N) is 1. The van der Waals surface area contributed by atoms with Gasteiger partial charge in [-0.3, -0.25) is 9.48 Å². The molecule has 1 atom stereocenters. The van der Waals surface area contributed by atoms with Crippen LogP contribution in [-0.2, 0) is 6.54 Å². The number of nitrogens with zero attached hydrogens (tertiary/aromatic N) is 4. The first-order chi connectivity index (χ1) is 10.8. The lowest BCUT2D eigenvalue weighted by molar-refractivity contribution is 0.0933. The maximum absolute atomic E-state index is 12.3. The Labute approximate surface area is 130 Å². The fourth-order valence-electron chi connectivity index (χ4n) is 2.77. The van der Waals surface area contributed by atoms with Crippen LogP contribution < -0.4 is 10.2 Å². The molecule has 6 heteroatoms. The number of carbonyl (C=O) groups is 1. The molecule has 0 spiro atoms. The van der Waals surface area contributed by atoms with Crippen LogP contribution in [0.25, 0.3) is 0 Å².